The van der Waals surface area contributed by atoms with E-state index in [1.54, 1.807) is 6.20 Å². The van der Waals surface area contributed by atoms with Gasteiger partial charge in [-0.25, -0.2) is 15.0 Å². The first-order valence-corrected chi connectivity index (χ1v) is 9.20. The number of amides is 1. The lowest BCUT2D eigenvalue weighted by molar-refractivity contribution is -0.133. The van der Waals surface area contributed by atoms with Crippen LogP contribution in [0.25, 0.3) is 11.2 Å². The lowest BCUT2D eigenvalue weighted by Gasteiger charge is -2.35. The number of hydrogen-bond acceptors (Lipinski definition) is 5. The molecule has 7 heteroatoms. The minimum Gasteiger partial charge on any atom is -0.339 e. The van der Waals surface area contributed by atoms with Crippen LogP contribution in [0, 0.1) is 0 Å². The van der Waals surface area contributed by atoms with E-state index in [9.17, 15) is 4.79 Å². The van der Waals surface area contributed by atoms with Crippen LogP contribution < -0.4 is 0 Å². The summed E-state index contributed by atoms with van der Waals surface area (Å²) in [6, 6.07) is 0.408. The van der Waals surface area contributed by atoms with E-state index >= 15 is 0 Å². The molecule has 1 amide bonds. The smallest absolute Gasteiger partial charge is 0.236 e. The Morgan fingerprint density at radius 1 is 1.43 bits per heavy atom. The highest BCUT2D eigenvalue weighted by Crippen LogP contribution is 2.27. The predicted octanol–water partition coefficient (Wildman–Crippen LogP) is 3.01. The number of nitrogens with one attached hydrogen (secondary N) is 1. The average Bonchev–Trinajstić information content (AvgIpc) is 2.98. The molecule has 23 heavy (non-hydrogen) atoms. The molecule has 3 rings (SSSR count). The minimum atomic E-state index is -0.162. The predicted molar refractivity (Wildman–Crippen MR) is 91.3 cm³/mol. The Labute approximate surface area is 140 Å². The number of aromatic nitrogens is 4. The van der Waals surface area contributed by atoms with Crippen molar-refractivity contribution >= 4 is 28.8 Å². The second-order valence-electron chi connectivity index (χ2n) is 5.98. The second-order valence-corrected chi connectivity index (χ2v) is 7.31. The van der Waals surface area contributed by atoms with Gasteiger partial charge in [-0.2, -0.15) is 0 Å². The zero-order chi connectivity index (χ0) is 16.2. The monoisotopic (exact) mass is 333 g/mol. The molecule has 0 spiro atoms. The van der Waals surface area contributed by atoms with E-state index in [4.69, 9.17) is 0 Å². The molecule has 0 aromatic carbocycles. The molecule has 2 heterocycles. The van der Waals surface area contributed by atoms with Crippen LogP contribution in [0.5, 0.6) is 0 Å². The summed E-state index contributed by atoms with van der Waals surface area (Å²) in [6.45, 7) is 4.80. The maximum Gasteiger partial charge on any atom is 0.236 e. The van der Waals surface area contributed by atoms with E-state index in [2.05, 4.69) is 31.8 Å². The van der Waals surface area contributed by atoms with Crippen LogP contribution in [0.2, 0.25) is 0 Å². The summed E-state index contributed by atoms with van der Waals surface area (Å²) >= 11 is 1.46. The standard InChI is InChI=1S/C16H23N5OS/c1-3-21(12-7-5-4-6-8-12)15(22)11(2)23-16-19-13-9-17-10-18-14(13)20-16/h9-12H,3-8H2,1-2H3,(H,17,18,19,20). The van der Waals surface area contributed by atoms with E-state index in [0.717, 1.165) is 30.1 Å². The van der Waals surface area contributed by atoms with E-state index in [0.29, 0.717) is 11.7 Å². The van der Waals surface area contributed by atoms with Crippen LogP contribution in [-0.4, -0.2) is 48.6 Å². The highest BCUT2D eigenvalue weighted by Gasteiger charge is 2.28. The van der Waals surface area contributed by atoms with Gasteiger partial charge in [0.25, 0.3) is 0 Å². The molecule has 1 aliphatic carbocycles. The molecule has 1 saturated carbocycles. The summed E-state index contributed by atoms with van der Waals surface area (Å²) in [5.74, 6) is 0.205. The summed E-state index contributed by atoms with van der Waals surface area (Å²) in [5.41, 5.74) is 1.44. The van der Waals surface area contributed by atoms with Gasteiger partial charge in [-0.1, -0.05) is 31.0 Å². The molecule has 1 atom stereocenters. The summed E-state index contributed by atoms with van der Waals surface area (Å²) in [4.78, 5) is 30.6. The topological polar surface area (TPSA) is 74.8 Å². The van der Waals surface area contributed by atoms with Crippen molar-refractivity contribution in [2.75, 3.05) is 6.54 Å². The van der Waals surface area contributed by atoms with Gasteiger partial charge in [-0.05, 0) is 26.7 Å². The lowest BCUT2D eigenvalue weighted by atomic mass is 9.94. The number of H-pyrrole nitrogens is 1. The summed E-state index contributed by atoms with van der Waals surface area (Å²) in [7, 11) is 0. The number of thioether (sulfide) groups is 1. The van der Waals surface area contributed by atoms with Gasteiger partial charge >= 0.3 is 0 Å². The van der Waals surface area contributed by atoms with Crippen molar-refractivity contribution in [2.24, 2.45) is 0 Å². The largest absolute Gasteiger partial charge is 0.339 e. The van der Waals surface area contributed by atoms with Crippen molar-refractivity contribution in [3.63, 3.8) is 0 Å². The number of aromatic amines is 1. The molecule has 1 fully saturated rings. The quantitative estimate of drug-likeness (QED) is 0.851. The molecule has 0 saturated heterocycles. The third-order valence-electron chi connectivity index (χ3n) is 4.42. The van der Waals surface area contributed by atoms with Crippen molar-refractivity contribution in [3.8, 4) is 0 Å². The number of nitrogens with zero attached hydrogens (tertiary/aromatic N) is 4. The average molecular weight is 333 g/mol. The Morgan fingerprint density at radius 2 is 2.22 bits per heavy atom. The molecule has 1 unspecified atom stereocenters. The molecule has 2 aromatic rings. The van der Waals surface area contributed by atoms with Gasteiger partial charge < -0.3 is 9.88 Å². The Kier molecular flexibility index (Phi) is 5.15. The fraction of sp³-hybridized carbons (Fsp3) is 0.625. The zero-order valence-electron chi connectivity index (χ0n) is 13.7. The molecule has 1 aliphatic rings. The van der Waals surface area contributed by atoms with Crippen LogP contribution in [0.4, 0.5) is 0 Å². The lowest BCUT2D eigenvalue weighted by Crippen LogP contribution is -2.44. The summed E-state index contributed by atoms with van der Waals surface area (Å²) in [6.07, 6.45) is 9.22. The van der Waals surface area contributed by atoms with E-state index in [1.807, 2.05) is 6.92 Å². The van der Waals surface area contributed by atoms with Crippen molar-refractivity contribution in [1.29, 1.82) is 0 Å². The highest BCUT2D eigenvalue weighted by molar-refractivity contribution is 8.00. The van der Waals surface area contributed by atoms with E-state index in [1.165, 1.54) is 37.4 Å². The van der Waals surface area contributed by atoms with Crippen molar-refractivity contribution in [2.45, 2.75) is 62.4 Å². The fourth-order valence-electron chi connectivity index (χ4n) is 3.23. The van der Waals surface area contributed by atoms with Gasteiger partial charge in [0.15, 0.2) is 10.8 Å². The van der Waals surface area contributed by atoms with Crippen LogP contribution in [0.15, 0.2) is 17.7 Å². The molecular weight excluding hydrogens is 310 g/mol. The van der Waals surface area contributed by atoms with Gasteiger partial charge in [0.05, 0.1) is 11.4 Å². The summed E-state index contributed by atoms with van der Waals surface area (Å²) < 4.78 is 0. The molecule has 0 radical (unpaired) electrons. The fourth-order valence-corrected chi connectivity index (χ4v) is 4.11. The van der Waals surface area contributed by atoms with Gasteiger partial charge in [-0.3, -0.25) is 4.79 Å². The van der Waals surface area contributed by atoms with Crippen molar-refractivity contribution in [3.05, 3.63) is 12.5 Å². The van der Waals surface area contributed by atoms with Crippen LogP contribution in [-0.2, 0) is 4.79 Å². The first-order valence-electron chi connectivity index (χ1n) is 8.32. The van der Waals surface area contributed by atoms with Crippen LogP contribution >= 0.6 is 11.8 Å². The number of rotatable bonds is 5. The van der Waals surface area contributed by atoms with Gasteiger partial charge in [-0.15, -0.1) is 0 Å². The third-order valence-corrected chi connectivity index (χ3v) is 5.39. The SMILES string of the molecule is CCN(C(=O)C(C)Sc1nc2ncncc2[nH]1)C1CCCCC1. The Hall–Kier alpha value is -1.63. The van der Waals surface area contributed by atoms with Crippen LogP contribution in [0.3, 0.4) is 0 Å². The number of fused-ring (bicyclic) bond motifs is 1. The normalized spacial score (nSPS) is 17.3. The molecule has 124 valence electrons. The Balaban J connectivity index is 1.68. The van der Waals surface area contributed by atoms with Gasteiger partial charge in [0.1, 0.15) is 11.8 Å². The summed E-state index contributed by atoms with van der Waals surface area (Å²) in [5, 5.41) is 0.562. The Bertz CT molecular complexity index is 634. The molecule has 0 bridgehead atoms. The number of hydrogen-bond donors (Lipinski definition) is 1. The third kappa shape index (κ3) is 3.65. The second kappa shape index (κ2) is 7.29. The van der Waals surface area contributed by atoms with E-state index in [-0.39, 0.29) is 11.2 Å². The van der Waals surface area contributed by atoms with Crippen molar-refractivity contribution in [1.82, 2.24) is 24.8 Å². The first kappa shape index (κ1) is 16.2. The highest BCUT2D eigenvalue weighted by atomic mass is 32.2. The molecule has 1 N–H and O–H groups in total. The molecule has 2 aromatic heterocycles. The molecule has 6 nitrogen and oxygen atoms in total. The van der Waals surface area contributed by atoms with Crippen molar-refractivity contribution < 1.29 is 4.79 Å². The maximum absolute atomic E-state index is 12.8. The minimum absolute atomic E-state index is 0.162. The van der Waals surface area contributed by atoms with Gasteiger partial charge in [0, 0.05) is 12.6 Å². The van der Waals surface area contributed by atoms with E-state index < -0.39 is 0 Å². The zero-order valence-corrected chi connectivity index (χ0v) is 14.5. The number of carbonyl (C=O) groups is 1. The number of carbonyl (C=O) groups excluding carboxylic acids is 1. The Morgan fingerprint density at radius 3 is 2.91 bits per heavy atom. The molecule has 0 aliphatic heterocycles. The van der Waals surface area contributed by atoms with Crippen LogP contribution in [0.1, 0.15) is 46.0 Å². The first-order chi connectivity index (χ1) is 11.2. The molecular formula is C16H23N5OS. The maximum atomic E-state index is 12.8. The van der Waals surface area contributed by atoms with Gasteiger partial charge in [0.2, 0.25) is 5.91 Å². The number of imidazole rings is 1.